The molecule has 0 radical (unpaired) electrons. The van der Waals surface area contributed by atoms with Gasteiger partial charge in [0.1, 0.15) is 5.82 Å². The third-order valence-electron chi connectivity index (χ3n) is 4.58. The molecule has 0 aliphatic rings. The molecule has 0 bridgehead atoms. The highest BCUT2D eigenvalue weighted by molar-refractivity contribution is 6.33. The molecular weight excluding hydrogens is 391 g/mol. The molecule has 1 aromatic heterocycles. The second kappa shape index (κ2) is 7.89. The van der Waals surface area contributed by atoms with Crippen LogP contribution in [0.4, 0.5) is 10.1 Å². The second-order valence-corrected chi connectivity index (χ2v) is 7.03. The number of carboxylic acids is 1. The summed E-state index contributed by atoms with van der Waals surface area (Å²) in [6.07, 6.45) is 3.65. The number of aliphatic imine (C=N–C) groups is 1. The molecule has 0 atom stereocenters. The van der Waals surface area contributed by atoms with Gasteiger partial charge in [0.05, 0.1) is 16.3 Å². The first kappa shape index (κ1) is 18.9. The zero-order valence-corrected chi connectivity index (χ0v) is 16.0. The lowest BCUT2D eigenvalue weighted by molar-refractivity contribution is 0.0697. The van der Waals surface area contributed by atoms with E-state index in [2.05, 4.69) is 9.56 Å². The summed E-state index contributed by atoms with van der Waals surface area (Å²) in [4.78, 5) is 15.5. The van der Waals surface area contributed by atoms with E-state index in [-0.39, 0.29) is 16.4 Å². The molecule has 6 heteroatoms. The molecule has 0 saturated carbocycles. The lowest BCUT2D eigenvalue weighted by Crippen LogP contribution is -1.98. The van der Waals surface area contributed by atoms with Gasteiger partial charge in [-0.1, -0.05) is 29.8 Å². The third kappa shape index (κ3) is 4.20. The van der Waals surface area contributed by atoms with Crippen LogP contribution in [-0.2, 0) is 6.54 Å². The summed E-state index contributed by atoms with van der Waals surface area (Å²) in [5.41, 5.74) is 3.34. The average molecular weight is 407 g/mol. The molecule has 0 unspecified atom stereocenters. The van der Waals surface area contributed by atoms with Crippen molar-refractivity contribution in [2.45, 2.75) is 6.54 Å². The first-order valence-electron chi connectivity index (χ1n) is 8.90. The number of rotatable bonds is 5. The first-order chi connectivity index (χ1) is 14.0. The number of benzene rings is 3. The Balaban J connectivity index is 1.58. The van der Waals surface area contributed by atoms with E-state index in [0.29, 0.717) is 12.2 Å². The van der Waals surface area contributed by atoms with Gasteiger partial charge < -0.3 is 9.67 Å². The van der Waals surface area contributed by atoms with Gasteiger partial charge in [0.25, 0.3) is 0 Å². The number of aromatic nitrogens is 1. The Labute approximate surface area is 171 Å². The van der Waals surface area contributed by atoms with Crippen molar-refractivity contribution >= 4 is 40.4 Å². The van der Waals surface area contributed by atoms with Gasteiger partial charge in [-0.25, -0.2) is 9.18 Å². The highest BCUT2D eigenvalue weighted by Gasteiger charge is 2.09. The molecule has 4 aromatic rings. The average Bonchev–Trinajstić information content (AvgIpc) is 3.09. The zero-order valence-electron chi connectivity index (χ0n) is 15.2. The van der Waals surface area contributed by atoms with Gasteiger partial charge in [-0.15, -0.1) is 0 Å². The van der Waals surface area contributed by atoms with Crippen LogP contribution in [0.5, 0.6) is 0 Å². The fraction of sp³-hybridized carbons (Fsp3) is 0.0435. The van der Waals surface area contributed by atoms with Crippen LogP contribution >= 0.6 is 11.6 Å². The van der Waals surface area contributed by atoms with E-state index in [4.69, 9.17) is 16.7 Å². The number of nitrogens with zero attached hydrogens (tertiary/aromatic N) is 2. The lowest BCUT2D eigenvalue weighted by atomic mass is 10.1. The van der Waals surface area contributed by atoms with E-state index in [9.17, 15) is 9.18 Å². The summed E-state index contributed by atoms with van der Waals surface area (Å²) in [5, 5.41) is 10.4. The number of hydrogen-bond acceptors (Lipinski definition) is 2. The molecule has 0 saturated heterocycles. The molecule has 4 nitrogen and oxygen atoms in total. The van der Waals surface area contributed by atoms with Crippen molar-refractivity contribution in [3.63, 3.8) is 0 Å². The van der Waals surface area contributed by atoms with Crippen molar-refractivity contribution in [2.24, 2.45) is 4.99 Å². The predicted molar refractivity (Wildman–Crippen MR) is 113 cm³/mol. The number of carboxylic acid groups (broad SMARTS) is 1. The molecule has 29 heavy (non-hydrogen) atoms. The maximum Gasteiger partial charge on any atom is 0.337 e. The van der Waals surface area contributed by atoms with Gasteiger partial charge >= 0.3 is 5.97 Å². The zero-order chi connectivity index (χ0) is 20.4. The van der Waals surface area contributed by atoms with E-state index in [0.717, 1.165) is 22.0 Å². The van der Waals surface area contributed by atoms with Crippen molar-refractivity contribution < 1.29 is 14.3 Å². The first-order valence-corrected chi connectivity index (χ1v) is 9.28. The van der Waals surface area contributed by atoms with Crippen LogP contribution in [0.25, 0.3) is 10.9 Å². The minimum Gasteiger partial charge on any atom is -0.478 e. The number of halogens is 2. The van der Waals surface area contributed by atoms with Crippen LogP contribution < -0.4 is 0 Å². The van der Waals surface area contributed by atoms with Crippen LogP contribution in [0.15, 0.2) is 77.9 Å². The van der Waals surface area contributed by atoms with Gasteiger partial charge in [-0.2, -0.15) is 0 Å². The van der Waals surface area contributed by atoms with Gasteiger partial charge in [0.15, 0.2) is 0 Å². The molecule has 1 N–H and O–H groups in total. The van der Waals surface area contributed by atoms with E-state index >= 15 is 0 Å². The summed E-state index contributed by atoms with van der Waals surface area (Å²) in [5.74, 6) is -1.33. The Morgan fingerprint density at radius 2 is 1.97 bits per heavy atom. The van der Waals surface area contributed by atoms with Crippen LogP contribution in [0.1, 0.15) is 21.5 Å². The second-order valence-electron chi connectivity index (χ2n) is 6.62. The number of hydrogen-bond donors (Lipinski definition) is 1. The Morgan fingerprint density at radius 1 is 1.10 bits per heavy atom. The summed E-state index contributed by atoms with van der Waals surface area (Å²) in [6, 6.07) is 19.1. The quantitative estimate of drug-likeness (QED) is 0.417. The normalized spacial score (nSPS) is 11.4. The van der Waals surface area contributed by atoms with Crippen molar-refractivity contribution in [1.82, 2.24) is 4.57 Å². The summed E-state index contributed by atoms with van der Waals surface area (Å²) in [6.45, 7) is 0.581. The van der Waals surface area contributed by atoms with Crippen molar-refractivity contribution in [3.8, 4) is 0 Å². The topological polar surface area (TPSA) is 54.6 Å². The van der Waals surface area contributed by atoms with Crippen LogP contribution in [0, 0.1) is 5.82 Å². The molecule has 0 aliphatic heterocycles. The van der Waals surface area contributed by atoms with E-state index < -0.39 is 5.97 Å². The van der Waals surface area contributed by atoms with E-state index in [1.165, 1.54) is 24.3 Å². The molecule has 0 fully saturated rings. The van der Waals surface area contributed by atoms with Crippen LogP contribution in [-0.4, -0.2) is 21.9 Å². The summed E-state index contributed by atoms with van der Waals surface area (Å²) in [7, 11) is 0. The van der Waals surface area contributed by atoms with Crippen LogP contribution in [0.2, 0.25) is 5.02 Å². The van der Waals surface area contributed by atoms with Gasteiger partial charge in [0, 0.05) is 29.9 Å². The molecule has 4 rings (SSSR count). The molecule has 3 aromatic carbocycles. The van der Waals surface area contributed by atoms with E-state index in [1.54, 1.807) is 18.3 Å². The third-order valence-corrected chi connectivity index (χ3v) is 4.91. The standard InChI is InChI=1S/C23H16ClFN2O2/c24-21-6-5-19(12-20(21)23(28)29)26-13-15-4-7-22-17(10-15)8-9-27(22)14-16-2-1-3-18(25)11-16/h1-13H,14H2,(H,28,29). The maximum absolute atomic E-state index is 13.4. The minimum absolute atomic E-state index is 0.0196. The highest BCUT2D eigenvalue weighted by atomic mass is 35.5. The monoisotopic (exact) mass is 406 g/mol. The van der Waals surface area contributed by atoms with Crippen LogP contribution in [0.3, 0.4) is 0 Å². The Morgan fingerprint density at radius 3 is 2.76 bits per heavy atom. The molecule has 0 aliphatic carbocycles. The Hall–Kier alpha value is -3.44. The Bertz CT molecular complexity index is 1250. The summed E-state index contributed by atoms with van der Waals surface area (Å²) >= 11 is 5.89. The molecule has 1 heterocycles. The number of aromatic carboxylic acids is 1. The van der Waals surface area contributed by atoms with Gasteiger partial charge in [0.2, 0.25) is 0 Å². The minimum atomic E-state index is -1.09. The summed E-state index contributed by atoms with van der Waals surface area (Å²) < 4.78 is 15.5. The van der Waals surface area contributed by atoms with Crippen molar-refractivity contribution in [3.05, 3.63) is 100 Å². The van der Waals surface area contributed by atoms with Gasteiger partial charge in [-0.05, 0) is 59.7 Å². The number of carbonyl (C=O) groups is 1. The van der Waals surface area contributed by atoms with Gasteiger partial charge in [-0.3, -0.25) is 4.99 Å². The molecule has 0 amide bonds. The van der Waals surface area contributed by atoms with E-state index in [1.807, 2.05) is 36.5 Å². The predicted octanol–water partition coefficient (Wildman–Crippen LogP) is 5.93. The Kier molecular flexibility index (Phi) is 5.14. The fourth-order valence-corrected chi connectivity index (χ4v) is 3.37. The molecular formula is C23H16ClFN2O2. The number of fused-ring (bicyclic) bond motifs is 1. The molecule has 0 spiro atoms. The largest absolute Gasteiger partial charge is 0.478 e. The highest BCUT2D eigenvalue weighted by Crippen LogP contribution is 2.23. The smallest absolute Gasteiger partial charge is 0.337 e. The van der Waals surface area contributed by atoms with Crippen molar-refractivity contribution in [2.75, 3.05) is 0 Å². The lowest BCUT2D eigenvalue weighted by Gasteiger charge is -2.06. The SMILES string of the molecule is O=C(O)c1cc(N=Cc2ccc3c(ccn3Cc3cccc(F)c3)c2)ccc1Cl. The fourth-order valence-electron chi connectivity index (χ4n) is 3.18. The van der Waals surface area contributed by atoms with Crippen molar-refractivity contribution in [1.29, 1.82) is 0 Å². The molecule has 144 valence electrons. The maximum atomic E-state index is 13.4.